The number of hydrogen-bond acceptors (Lipinski definition) is 0. The summed E-state index contributed by atoms with van der Waals surface area (Å²) in [4.78, 5) is 0. The van der Waals surface area contributed by atoms with E-state index in [4.69, 9.17) is 0 Å². The van der Waals surface area contributed by atoms with Gasteiger partial charge in [-0.1, -0.05) is 26.7 Å². The van der Waals surface area contributed by atoms with Crippen LogP contribution >= 0.6 is 0 Å². The van der Waals surface area contributed by atoms with Crippen molar-refractivity contribution in [2.45, 2.75) is 78.1 Å². The van der Waals surface area contributed by atoms with Gasteiger partial charge in [-0.15, -0.1) is 0 Å². The van der Waals surface area contributed by atoms with Crippen LogP contribution in [-0.2, 0) is 0 Å². The molecule has 0 unspecified atom stereocenters. The molecule has 0 aromatic rings. The van der Waals surface area contributed by atoms with Gasteiger partial charge in [0.2, 0.25) is 0 Å². The van der Waals surface area contributed by atoms with Crippen LogP contribution in [0.2, 0.25) is 0 Å². The molecule has 0 atom stereocenters. The van der Waals surface area contributed by atoms with Crippen molar-refractivity contribution < 1.29 is 0 Å². The van der Waals surface area contributed by atoms with Crippen molar-refractivity contribution in [3.8, 4) is 0 Å². The van der Waals surface area contributed by atoms with Gasteiger partial charge in [0.05, 0.1) is 0 Å². The predicted octanol–water partition coefficient (Wildman–Crippen LogP) is 5.17. The fourth-order valence-electron chi connectivity index (χ4n) is 4.89. The van der Waals surface area contributed by atoms with E-state index in [1.54, 1.807) is 51.4 Å². The Labute approximate surface area is 101 Å². The van der Waals surface area contributed by atoms with Gasteiger partial charge in [0, 0.05) is 0 Å². The molecule has 92 valence electrons. The van der Waals surface area contributed by atoms with E-state index in [2.05, 4.69) is 13.8 Å². The monoisotopic (exact) mass is 220 g/mol. The summed E-state index contributed by atoms with van der Waals surface area (Å²) in [5.74, 6) is 2.12. The Morgan fingerprint density at radius 2 is 1.25 bits per heavy atom. The zero-order valence-corrected chi connectivity index (χ0v) is 11.2. The summed E-state index contributed by atoms with van der Waals surface area (Å²) < 4.78 is 0. The fourth-order valence-corrected chi connectivity index (χ4v) is 4.89. The third-order valence-corrected chi connectivity index (χ3v) is 6.56. The number of hydrogen-bond donors (Lipinski definition) is 0. The van der Waals surface area contributed by atoms with Crippen LogP contribution in [0.5, 0.6) is 0 Å². The van der Waals surface area contributed by atoms with E-state index in [1.807, 2.05) is 0 Å². The summed E-state index contributed by atoms with van der Waals surface area (Å²) in [6, 6.07) is 0. The minimum Gasteiger partial charge on any atom is -0.0625 e. The maximum atomic E-state index is 2.54. The first-order valence-corrected chi connectivity index (χ1v) is 7.62. The molecule has 0 saturated heterocycles. The lowest BCUT2D eigenvalue weighted by atomic mass is 9.49. The Kier molecular flexibility index (Phi) is 2.60. The van der Waals surface area contributed by atoms with Crippen molar-refractivity contribution in [2.24, 2.45) is 22.7 Å². The minimum atomic E-state index is 0.754. The van der Waals surface area contributed by atoms with Crippen molar-refractivity contribution in [1.29, 1.82) is 0 Å². The molecule has 4 aliphatic carbocycles. The van der Waals surface area contributed by atoms with Crippen molar-refractivity contribution in [3.63, 3.8) is 0 Å². The van der Waals surface area contributed by atoms with E-state index in [-0.39, 0.29) is 0 Å². The molecule has 0 spiro atoms. The molecule has 4 rings (SSSR count). The summed E-state index contributed by atoms with van der Waals surface area (Å²) in [5, 5.41) is 0. The van der Waals surface area contributed by atoms with E-state index in [0.717, 1.165) is 22.7 Å². The fraction of sp³-hybridized carbons (Fsp3) is 1.00. The van der Waals surface area contributed by atoms with Crippen molar-refractivity contribution in [1.82, 2.24) is 0 Å². The average Bonchev–Trinajstić information content (AvgIpc) is 2.31. The second-order valence-electron chi connectivity index (χ2n) is 7.63. The second kappa shape index (κ2) is 3.75. The molecule has 0 N–H and O–H groups in total. The number of rotatable bonds is 1. The minimum absolute atomic E-state index is 0.754. The Balaban J connectivity index is 1.70. The largest absolute Gasteiger partial charge is 0.0625 e. The highest BCUT2D eigenvalue weighted by atomic mass is 14.5. The van der Waals surface area contributed by atoms with Gasteiger partial charge in [-0.2, -0.15) is 0 Å². The first-order valence-electron chi connectivity index (χ1n) is 7.62. The predicted molar refractivity (Wildman–Crippen MR) is 69.4 cm³/mol. The molecule has 0 radical (unpaired) electrons. The molecule has 0 aromatic heterocycles. The highest BCUT2D eigenvalue weighted by Crippen LogP contribution is 2.61. The van der Waals surface area contributed by atoms with Gasteiger partial charge < -0.3 is 0 Å². The molecule has 0 aromatic carbocycles. The Morgan fingerprint density at radius 3 is 1.75 bits per heavy atom. The van der Waals surface area contributed by atoms with Crippen LogP contribution in [0, 0.1) is 22.7 Å². The Hall–Kier alpha value is 0. The number of fused-ring (bicyclic) bond motifs is 3. The zero-order chi connectivity index (χ0) is 11.2. The lowest BCUT2D eigenvalue weighted by Crippen LogP contribution is -2.45. The molecule has 0 nitrogen and oxygen atoms in total. The molecule has 16 heavy (non-hydrogen) atoms. The normalized spacial score (nSPS) is 52.9. The van der Waals surface area contributed by atoms with Crippen LogP contribution in [0.15, 0.2) is 0 Å². The van der Waals surface area contributed by atoms with Gasteiger partial charge in [-0.05, 0) is 74.0 Å². The lowest BCUT2D eigenvalue weighted by molar-refractivity contribution is -0.0523. The zero-order valence-electron chi connectivity index (χ0n) is 11.2. The highest BCUT2D eigenvalue weighted by Gasteiger charge is 2.49. The quantitative estimate of drug-likeness (QED) is 0.571. The van der Waals surface area contributed by atoms with Crippen molar-refractivity contribution in [3.05, 3.63) is 0 Å². The third-order valence-electron chi connectivity index (χ3n) is 6.56. The third kappa shape index (κ3) is 1.73. The van der Waals surface area contributed by atoms with Crippen molar-refractivity contribution in [2.75, 3.05) is 0 Å². The summed E-state index contributed by atoms with van der Waals surface area (Å²) in [6.45, 7) is 4.99. The maximum Gasteiger partial charge on any atom is -0.0269 e. The second-order valence-corrected chi connectivity index (χ2v) is 7.63. The van der Waals surface area contributed by atoms with Gasteiger partial charge in [0.15, 0.2) is 0 Å². The van der Waals surface area contributed by atoms with Crippen LogP contribution in [0.25, 0.3) is 0 Å². The van der Waals surface area contributed by atoms with E-state index >= 15 is 0 Å². The molecular weight excluding hydrogens is 192 g/mol. The molecule has 2 bridgehead atoms. The van der Waals surface area contributed by atoms with Crippen LogP contribution in [0.1, 0.15) is 78.1 Å². The molecule has 4 fully saturated rings. The molecule has 0 heterocycles. The van der Waals surface area contributed by atoms with Gasteiger partial charge >= 0.3 is 0 Å². The maximum absolute atomic E-state index is 2.54. The summed E-state index contributed by atoms with van der Waals surface area (Å²) in [6.07, 6.45) is 15.5. The molecule has 4 saturated carbocycles. The first kappa shape index (κ1) is 11.1. The highest BCUT2D eigenvalue weighted by molar-refractivity contribution is 5.01. The molecule has 0 heteroatoms. The van der Waals surface area contributed by atoms with Crippen LogP contribution in [0.4, 0.5) is 0 Å². The van der Waals surface area contributed by atoms with Crippen LogP contribution in [-0.4, -0.2) is 0 Å². The van der Waals surface area contributed by atoms with Crippen LogP contribution in [0.3, 0.4) is 0 Å². The Morgan fingerprint density at radius 1 is 0.750 bits per heavy atom. The first-order chi connectivity index (χ1) is 7.62. The van der Waals surface area contributed by atoms with Crippen LogP contribution < -0.4 is 0 Å². The van der Waals surface area contributed by atoms with E-state index in [0.29, 0.717) is 0 Å². The average molecular weight is 220 g/mol. The topological polar surface area (TPSA) is 0 Å². The van der Waals surface area contributed by atoms with Gasteiger partial charge in [-0.3, -0.25) is 0 Å². The smallest absolute Gasteiger partial charge is 0.0269 e. The van der Waals surface area contributed by atoms with Gasteiger partial charge in [-0.25, -0.2) is 0 Å². The standard InChI is InChI=1S/C16H28/c1-13-3-5-14(6-4-13)16-10-7-15(2,8-11-16)9-12-16/h13-14H,3-12H2,1-2H3. The van der Waals surface area contributed by atoms with Gasteiger partial charge in [0.25, 0.3) is 0 Å². The molecule has 0 amide bonds. The molecular formula is C16H28. The lowest BCUT2D eigenvalue weighted by Gasteiger charge is -2.56. The summed E-state index contributed by atoms with van der Waals surface area (Å²) in [7, 11) is 0. The van der Waals surface area contributed by atoms with Crippen molar-refractivity contribution >= 4 is 0 Å². The van der Waals surface area contributed by atoms with E-state index in [1.165, 1.54) is 12.8 Å². The van der Waals surface area contributed by atoms with E-state index < -0.39 is 0 Å². The van der Waals surface area contributed by atoms with E-state index in [9.17, 15) is 0 Å². The molecule has 0 aliphatic heterocycles. The molecule has 4 aliphatic rings. The Bertz CT molecular complexity index is 233. The SMILES string of the molecule is CC1CCC(C23CCC(C)(CC2)CC3)CC1. The van der Waals surface area contributed by atoms with Gasteiger partial charge in [0.1, 0.15) is 0 Å². The summed E-state index contributed by atoms with van der Waals surface area (Å²) in [5.41, 5.74) is 1.57. The summed E-state index contributed by atoms with van der Waals surface area (Å²) >= 11 is 0.